The standard InChI is InChI=1S/C18H26N4O8/c1-8(2)16(25)30-13-9(3)29-18(27)12(7-28-17(26)10(13)5-19)20-14(23)11-6-22(4)21-15(11)24/h6,8-10,12-13H,5,7,19H2,1-4H3,(H,20,23)(H,21,24)/t9-,10+,12-,13?/m0/s1. The number of hydrogen-bond acceptors (Lipinski definition) is 9. The number of carbonyl (C=O) groups is 4. The SMILES string of the molecule is CC(C)C(=O)OC1[C@H](C)OC(=O)[C@@H](NC(=O)c2cn(C)[nH]c2=O)COC(=O)[C@@H]1CN. The van der Waals surface area contributed by atoms with Crippen molar-refractivity contribution in [2.45, 2.75) is 39.0 Å². The Morgan fingerprint density at radius 3 is 2.53 bits per heavy atom. The van der Waals surface area contributed by atoms with Gasteiger partial charge in [-0.25, -0.2) is 4.79 Å². The van der Waals surface area contributed by atoms with Crippen molar-refractivity contribution < 1.29 is 33.4 Å². The number of carbonyl (C=O) groups excluding carboxylic acids is 4. The molecule has 0 saturated carbocycles. The summed E-state index contributed by atoms with van der Waals surface area (Å²) in [7, 11) is 1.52. The molecule has 1 amide bonds. The average molecular weight is 426 g/mol. The summed E-state index contributed by atoms with van der Waals surface area (Å²) >= 11 is 0. The third-order valence-electron chi connectivity index (χ3n) is 4.51. The van der Waals surface area contributed by atoms with Crippen molar-refractivity contribution in [1.82, 2.24) is 15.1 Å². The lowest BCUT2D eigenvalue weighted by atomic mass is 9.98. The highest BCUT2D eigenvalue weighted by atomic mass is 16.6. The first-order valence-corrected chi connectivity index (χ1v) is 9.39. The molecule has 2 heterocycles. The Labute approximate surface area is 172 Å². The molecule has 30 heavy (non-hydrogen) atoms. The van der Waals surface area contributed by atoms with Crippen LogP contribution in [-0.2, 0) is 35.6 Å². The molecule has 0 radical (unpaired) electrons. The van der Waals surface area contributed by atoms with Crippen LogP contribution in [0.1, 0.15) is 31.1 Å². The summed E-state index contributed by atoms with van der Waals surface area (Å²) in [5, 5.41) is 4.69. The first-order chi connectivity index (χ1) is 14.0. The summed E-state index contributed by atoms with van der Waals surface area (Å²) in [6.07, 6.45) is -0.953. The second-order valence-electron chi connectivity index (χ2n) is 7.29. The molecule has 0 bridgehead atoms. The quantitative estimate of drug-likeness (QED) is 0.372. The Hall–Kier alpha value is -3.15. The minimum absolute atomic E-state index is 0.215. The van der Waals surface area contributed by atoms with E-state index in [1.54, 1.807) is 13.8 Å². The number of esters is 3. The van der Waals surface area contributed by atoms with Crippen molar-refractivity contribution in [3.05, 3.63) is 22.1 Å². The van der Waals surface area contributed by atoms with Gasteiger partial charge in [0.25, 0.3) is 11.5 Å². The fraction of sp³-hybridized carbons (Fsp3) is 0.611. The predicted octanol–water partition coefficient (Wildman–Crippen LogP) is -1.56. The molecular formula is C18H26N4O8. The molecule has 4 N–H and O–H groups in total. The molecule has 1 aromatic rings. The van der Waals surface area contributed by atoms with Gasteiger partial charge in [-0.2, -0.15) is 0 Å². The van der Waals surface area contributed by atoms with E-state index in [-0.39, 0.29) is 12.1 Å². The van der Waals surface area contributed by atoms with Crippen molar-refractivity contribution in [2.75, 3.05) is 13.2 Å². The third-order valence-corrected chi connectivity index (χ3v) is 4.51. The number of aromatic amines is 1. The fourth-order valence-corrected chi connectivity index (χ4v) is 2.82. The van der Waals surface area contributed by atoms with Crippen LogP contribution in [-0.4, -0.2) is 65.0 Å². The predicted molar refractivity (Wildman–Crippen MR) is 101 cm³/mol. The van der Waals surface area contributed by atoms with E-state index in [0.29, 0.717) is 0 Å². The van der Waals surface area contributed by atoms with E-state index < -0.39 is 66.1 Å². The van der Waals surface area contributed by atoms with E-state index in [1.165, 1.54) is 24.9 Å². The molecule has 1 aromatic heterocycles. The molecular weight excluding hydrogens is 400 g/mol. The minimum atomic E-state index is -1.37. The van der Waals surface area contributed by atoms with Crippen LogP contribution in [0.2, 0.25) is 0 Å². The summed E-state index contributed by atoms with van der Waals surface area (Å²) in [5.74, 6) is -4.71. The molecule has 1 fully saturated rings. The van der Waals surface area contributed by atoms with Gasteiger partial charge in [0.15, 0.2) is 12.1 Å². The van der Waals surface area contributed by atoms with Gasteiger partial charge in [0.05, 0.1) is 5.92 Å². The Kier molecular flexibility index (Phi) is 7.38. The second-order valence-corrected chi connectivity index (χ2v) is 7.29. The Morgan fingerprint density at radius 2 is 2.00 bits per heavy atom. The van der Waals surface area contributed by atoms with Gasteiger partial charge >= 0.3 is 17.9 Å². The number of aromatic nitrogens is 2. The van der Waals surface area contributed by atoms with E-state index in [1.807, 2.05) is 0 Å². The van der Waals surface area contributed by atoms with Crippen molar-refractivity contribution in [2.24, 2.45) is 24.6 Å². The van der Waals surface area contributed by atoms with Crippen LogP contribution in [0.25, 0.3) is 0 Å². The van der Waals surface area contributed by atoms with Gasteiger partial charge in [0, 0.05) is 19.8 Å². The smallest absolute Gasteiger partial charge is 0.332 e. The fourth-order valence-electron chi connectivity index (χ4n) is 2.82. The van der Waals surface area contributed by atoms with Crippen LogP contribution in [0, 0.1) is 11.8 Å². The number of H-pyrrole nitrogens is 1. The van der Waals surface area contributed by atoms with Crippen molar-refractivity contribution in [3.8, 4) is 0 Å². The largest absolute Gasteiger partial charge is 0.462 e. The molecule has 0 spiro atoms. The summed E-state index contributed by atoms with van der Waals surface area (Å²) in [6, 6.07) is -1.37. The monoisotopic (exact) mass is 426 g/mol. The van der Waals surface area contributed by atoms with Gasteiger partial charge in [-0.15, -0.1) is 0 Å². The molecule has 166 valence electrons. The van der Waals surface area contributed by atoms with Gasteiger partial charge in [0.2, 0.25) is 0 Å². The molecule has 1 unspecified atom stereocenters. The van der Waals surface area contributed by atoms with E-state index in [9.17, 15) is 24.0 Å². The number of ether oxygens (including phenoxy) is 3. The van der Waals surface area contributed by atoms with E-state index >= 15 is 0 Å². The van der Waals surface area contributed by atoms with E-state index in [4.69, 9.17) is 19.9 Å². The number of amides is 1. The van der Waals surface area contributed by atoms with E-state index in [0.717, 1.165) is 0 Å². The first kappa shape index (κ1) is 23.1. The number of nitrogens with zero attached hydrogens (tertiary/aromatic N) is 1. The molecule has 4 atom stereocenters. The number of nitrogens with one attached hydrogen (secondary N) is 2. The highest BCUT2D eigenvalue weighted by Gasteiger charge is 2.41. The van der Waals surface area contributed by atoms with Crippen molar-refractivity contribution in [1.29, 1.82) is 0 Å². The van der Waals surface area contributed by atoms with Crippen LogP contribution in [0.5, 0.6) is 0 Å². The second kappa shape index (κ2) is 9.57. The zero-order valence-electron chi connectivity index (χ0n) is 17.2. The summed E-state index contributed by atoms with van der Waals surface area (Å²) in [5.41, 5.74) is 4.79. The van der Waals surface area contributed by atoms with E-state index in [2.05, 4.69) is 10.4 Å². The van der Waals surface area contributed by atoms with Crippen LogP contribution in [0.15, 0.2) is 11.0 Å². The van der Waals surface area contributed by atoms with Crippen LogP contribution < -0.4 is 16.6 Å². The average Bonchev–Trinajstić information content (AvgIpc) is 3.02. The molecule has 1 saturated heterocycles. The molecule has 12 heteroatoms. The molecule has 12 nitrogen and oxygen atoms in total. The lowest BCUT2D eigenvalue weighted by Crippen LogP contribution is -2.47. The Bertz CT molecular complexity index is 874. The lowest BCUT2D eigenvalue weighted by molar-refractivity contribution is -0.176. The highest BCUT2D eigenvalue weighted by Crippen LogP contribution is 2.20. The summed E-state index contributed by atoms with van der Waals surface area (Å²) < 4.78 is 17.1. The maximum absolute atomic E-state index is 12.6. The van der Waals surface area contributed by atoms with Crippen molar-refractivity contribution >= 4 is 23.8 Å². The van der Waals surface area contributed by atoms with Crippen LogP contribution in [0.4, 0.5) is 0 Å². The molecule has 1 aliphatic heterocycles. The summed E-state index contributed by atoms with van der Waals surface area (Å²) in [6.45, 7) is 3.91. The number of nitrogens with two attached hydrogens (primary N) is 1. The third kappa shape index (κ3) is 5.26. The highest BCUT2D eigenvalue weighted by molar-refractivity contribution is 5.96. The summed E-state index contributed by atoms with van der Waals surface area (Å²) in [4.78, 5) is 61.2. The van der Waals surface area contributed by atoms with Crippen LogP contribution >= 0.6 is 0 Å². The zero-order chi connectivity index (χ0) is 22.6. The van der Waals surface area contributed by atoms with Gasteiger partial charge in [-0.05, 0) is 6.92 Å². The molecule has 0 aliphatic carbocycles. The van der Waals surface area contributed by atoms with Gasteiger partial charge in [-0.1, -0.05) is 13.8 Å². The molecule has 1 aliphatic rings. The Balaban J connectivity index is 2.23. The zero-order valence-corrected chi connectivity index (χ0v) is 17.2. The maximum atomic E-state index is 12.6. The number of hydrogen-bond donors (Lipinski definition) is 3. The maximum Gasteiger partial charge on any atom is 0.332 e. The topological polar surface area (TPSA) is 172 Å². The lowest BCUT2D eigenvalue weighted by Gasteiger charge is -2.28. The van der Waals surface area contributed by atoms with Crippen molar-refractivity contribution in [3.63, 3.8) is 0 Å². The normalized spacial score (nSPS) is 24.9. The van der Waals surface area contributed by atoms with Gasteiger partial charge < -0.3 is 25.3 Å². The Morgan fingerprint density at radius 1 is 1.33 bits per heavy atom. The first-order valence-electron chi connectivity index (χ1n) is 9.39. The van der Waals surface area contributed by atoms with Gasteiger partial charge in [-0.3, -0.25) is 29.0 Å². The molecule has 2 rings (SSSR count). The number of cyclic esters (lactones) is 2. The minimum Gasteiger partial charge on any atom is -0.462 e. The van der Waals surface area contributed by atoms with Crippen LogP contribution in [0.3, 0.4) is 0 Å². The number of rotatable bonds is 5. The van der Waals surface area contributed by atoms with Gasteiger partial charge in [0.1, 0.15) is 24.2 Å². The molecule has 0 aromatic carbocycles. The number of aryl methyl sites for hydroxylation is 1.